The fraction of sp³-hybridized carbons (Fsp3) is 0.333. The van der Waals surface area contributed by atoms with Crippen LogP contribution in [0.3, 0.4) is 0 Å². The first-order chi connectivity index (χ1) is 9.24. The van der Waals surface area contributed by atoms with Gasteiger partial charge in [0.2, 0.25) is 5.91 Å². The summed E-state index contributed by atoms with van der Waals surface area (Å²) in [5.74, 6) is 2.96. The molecule has 3 heterocycles. The summed E-state index contributed by atoms with van der Waals surface area (Å²) in [6.07, 6.45) is 1.58. The Labute approximate surface area is 114 Å². The predicted octanol–water partition coefficient (Wildman–Crippen LogP) is 1.12. The predicted molar refractivity (Wildman–Crippen MR) is 72.2 cm³/mol. The topological polar surface area (TPSA) is 86.1 Å². The summed E-state index contributed by atoms with van der Waals surface area (Å²) in [6, 6.07) is 3.60. The molecule has 0 spiro atoms. The molecule has 7 heteroatoms. The van der Waals surface area contributed by atoms with Gasteiger partial charge in [0.25, 0.3) is 0 Å². The van der Waals surface area contributed by atoms with Crippen LogP contribution in [0.2, 0.25) is 0 Å². The van der Waals surface area contributed by atoms with E-state index in [9.17, 15) is 4.79 Å². The Morgan fingerprint density at radius 3 is 3.21 bits per heavy atom. The van der Waals surface area contributed by atoms with Crippen molar-refractivity contribution in [2.45, 2.75) is 24.6 Å². The Bertz CT molecular complexity index is 591. The molecule has 2 aromatic rings. The second kappa shape index (κ2) is 5.00. The molecule has 6 nitrogen and oxygen atoms in total. The average Bonchev–Trinajstić information content (AvgIpc) is 3.09. The average molecular weight is 278 g/mol. The maximum Gasteiger partial charge on any atom is 0.242 e. The number of carbonyl (C=O) groups is 1. The Balaban J connectivity index is 1.60. The molecule has 2 aromatic heterocycles. The number of nitrogens with two attached hydrogens (primary N) is 1. The quantitative estimate of drug-likeness (QED) is 0.875. The van der Waals surface area contributed by atoms with Gasteiger partial charge in [0, 0.05) is 17.1 Å². The van der Waals surface area contributed by atoms with E-state index < -0.39 is 0 Å². The summed E-state index contributed by atoms with van der Waals surface area (Å²) < 4.78 is 6.71. The highest BCUT2D eigenvalue weighted by atomic mass is 32.2. The normalized spacial score (nSPS) is 13.5. The number of anilines is 1. The number of amides is 1. The zero-order chi connectivity index (χ0) is 13.2. The summed E-state index contributed by atoms with van der Waals surface area (Å²) in [4.78, 5) is 11.8. The molecular formula is C12H14N4O2S. The molecule has 0 atom stereocenters. The van der Waals surface area contributed by atoms with Crippen LogP contribution < -0.4 is 11.1 Å². The van der Waals surface area contributed by atoms with Crippen molar-refractivity contribution in [3.8, 4) is 0 Å². The van der Waals surface area contributed by atoms with Crippen molar-refractivity contribution < 1.29 is 9.21 Å². The minimum Gasteiger partial charge on any atom is -0.467 e. The van der Waals surface area contributed by atoms with E-state index in [2.05, 4.69) is 10.4 Å². The van der Waals surface area contributed by atoms with Crippen LogP contribution in [0, 0.1) is 0 Å². The first-order valence-corrected chi connectivity index (χ1v) is 7.10. The monoisotopic (exact) mass is 278 g/mol. The zero-order valence-corrected chi connectivity index (χ0v) is 11.1. The van der Waals surface area contributed by atoms with Crippen LogP contribution in [0.1, 0.15) is 17.0 Å². The first kappa shape index (κ1) is 12.2. The molecule has 0 bridgehead atoms. The molecule has 0 aliphatic carbocycles. The molecule has 0 fully saturated rings. The number of aromatic nitrogens is 2. The Hall–Kier alpha value is -1.89. The van der Waals surface area contributed by atoms with Crippen molar-refractivity contribution >= 4 is 23.5 Å². The van der Waals surface area contributed by atoms with Gasteiger partial charge in [-0.15, -0.1) is 0 Å². The molecule has 1 aliphatic heterocycles. The second-order valence-corrected chi connectivity index (χ2v) is 5.30. The fourth-order valence-electron chi connectivity index (χ4n) is 2.00. The molecule has 0 saturated carbocycles. The van der Waals surface area contributed by atoms with Crippen LogP contribution in [0.25, 0.3) is 0 Å². The number of carbonyl (C=O) groups excluding carboxylic acids is 1. The van der Waals surface area contributed by atoms with Gasteiger partial charge in [-0.3, -0.25) is 4.79 Å². The first-order valence-electron chi connectivity index (χ1n) is 5.95. The van der Waals surface area contributed by atoms with Gasteiger partial charge in [-0.1, -0.05) is 0 Å². The third kappa shape index (κ3) is 2.46. The van der Waals surface area contributed by atoms with Crippen molar-refractivity contribution in [2.24, 2.45) is 0 Å². The lowest BCUT2D eigenvalue weighted by molar-refractivity contribution is -0.122. The van der Waals surface area contributed by atoms with Gasteiger partial charge in [-0.05, 0) is 12.1 Å². The number of nitrogens with zero attached hydrogens (tertiary/aromatic N) is 2. The largest absolute Gasteiger partial charge is 0.467 e. The lowest BCUT2D eigenvalue weighted by Gasteiger charge is -2.06. The molecule has 0 radical (unpaired) electrons. The number of hydrogen-bond acceptors (Lipinski definition) is 5. The molecule has 0 unspecified atom stereocenters. The standard InChI is InChI=1S/C12H14N4O2S/c13-12-9-6-19-7-10(9)15-16(12)5-11(17)14-4-8-2-1-3-18-8/h1-3H,4-7,13H2,(H,14,17). The van der Waals surface area contributed by atoms with Crippen molar-refractivity contribution in [2.75, 3.05) is 5.73 Å². The Morgan fingerprint density at radius 1 is 1.58 bits per heavy atom. The van der Waals surface area contributed by atoms with Crippen molar-refractivity contribution in [1.29, 1.82) is 0 Å². The van der Waals surface area contributed by atoms with E-state index in [0.29, 0.717) is 12.4 Å². The smallest absolute Gasteiger partial charge is 0.242 e. The van der Waals surface area contributed by atoms with E-state index in [4.69, 9.17) is 10.2 Å². The molecule has 0 aromatic carbocycles. The molecule has 3 rings (SSSR count). The van der Waals surface area contributed by atoms with E-state index in [1.807, 2.05) is 6.07 Å². The number of nitrogen functional groups attached to an aromatic ring is 1. The van der Waals surface area contributed by atoms with Crippen molar-refractivity contribution in [3.63, 3.8) is 0 Å². The van der Waals surface area contributed by atoms with E-state index in [1.165, 1.54) is 0 Å². The van der Waals surface area contributed by atoms with Crippen LogP contribution in [-0.2, 0) is 29.4 Å². The van der Waals surface area contributed by atoms with Gasteiger partial charge < -0.3 is 15.5 Å². The van der Waals surface area contributed by atoms with E-state index in [1.54, 1.807) is 28.8 Å². The number of rotatable bonds is 4. The van der Waals surface area contributed by atoms with E-state index >= 15 is 0 Å². The highest BCUT2D eigenvalue weighted by Gasteiger charge is 2.21. The summed E-state index contributed by atoms with van der Waals surface area (Å²) in [6.45, 7) is 0.521. The zero-order valence-electron chi connectivity index (χ0n) is 10.3. The number of furan rings is 1. The lowest BCUT2D eigenvalue weighted by atomic mass is 10.3. The number of thioether (sulfide) groups is 1. The molecule has 0 saturated heterocycles. The summed E-state index contributed by atoms with van der Waals surface area (Å²) in [5.41, 5.74) is 8.06. The van der Waals surface area contributed by atoms with E-state index in [0.717, 1.165) is 28.5 Å². The van der Waals surface area contributed by atoms with Gasteiger partial charge in [0.1, 0.15) is 18.1 Å². The maximum absolute atomic E-state index is 11.8. The maximum atomic E-state index is 11.8. The van der Waals surface area contributed by atoms with Crippen LogP contribution in [0.4, 0.5) is 5.82 Å². The number of hydrogen-bond donors (Lipinski definition) is 2. The van der Waals surface area contributed by atoms with Crippen molar-refractivity contribution in [1.82, 2.24) is 15.1 Å². The van der Waals surface area contributed by atoms with Crippen LogP contribution >= 0.6 is 11.8 Å². The van der Waals surface area contributed by atoms with Gasteiger partial charge in [-0.2, -0.15) is 16.9 Å². The highest BCUT2D eigenvalue weighted by molar-refractivity contribution is 7.98. The third-order valence-corrected chi connectivity index (χ3v) is 3.97. The van der Waals surface area contributed by atoms with E-state index in [-0.39, 0.29) is 12.5 Å². The Morgan fingerprint density at radius 2 is 2.47 bits per heavy atom. The Kier molecular flexibility index (Phi) is 3.20. The number of nitrogens with one attached hydrogen (secondary N) is 1. The van der Waals surface area contributed by atoms with Crippen molar-refractivity contribution in [3.05, 3.63) is 35.4 Å². The lowest BCUT2D eigenvalue weighted by Crippen LogP contribution is -2.28. The van der Waals surface area contributed by atoms with Crippen LogP contribution in [0.15, 0.2) is 22.8 Å². The molecule has 1 amide bonds. The molecular weight excluding hydrogens is 264 g/mol. The SMILES string of the molecule is Nc1c2c(nn1CC(=O)NCc1ccco1)CSC2. The molecule has 100 valence electrons. The van der Waals surface area contributed by atoms with Gasteiger partial charge in [-0.25, -0.2) is 4.68 Å². The minimum absolute atomic E-state index is 0.128. The van der Waals surface area contributed by atoms with Gasteiger partial charge >= 0.3 is 0 Å². The van der Waals surface area contributed by atoms with Crippen LogP contribution in [-0.4, -0.2) is 15.7 Å². The van der Waals surface area contributed by atoms with Crippen LogP contribution in [0.5, 0.6) is 0 Å². The molecule has 19 heavy (non-hydrogen) atoms. The number of fused-ring (bicyclic) bond motifs is 1. The second-order valence-electron chi connectivity index (χ2n) is 4.32. The minimum atomic E-state index is -0.128. The highest BCUT2D eigenvalue weighted by Crippen LogP contribution is 2.32. The summed E-state index contributed by atoms with van der Waals surface area (Å²) in [7, 11) is 0. The van der Waals surface area contributed by atoms with Gasteiger partial charge in [0.15, 0.2) is 0 Å². The summed E-state index contributed by atoms with van der Waals surface area (Å²) in [5, 5.41) is 7.13. The fourth-order valence-corrected chi connectivity index (χ4v) is 3.04. The third-order valence-electron chi connectivity index (χ3n) is 3.00. The van der Waals surface area contributed by atoms with Gasteiger partial charge in [0.05, 0.1) is 18.5 Å². The molecule has 1 aliphatic rings. The summed E-state index contributed by atoms with van der Waals surface area (Å²) >= 11 is 1.79. The molecule has 3 N–H and O–H groups in total.